The Kier molecular flexibility index (Phi) is 12.8. The lowest BCUT2D eigenvalue weighted by Gasteiger charge is -2.28. The van der Waals surface area contributed by atoms with Gasteiger partial charge in [0.15, 0.2) is 0 Å². The Labute approximate surface area is 148 Å². The summed E-state index contributed by atoms with van der Waals surface area (Å²) in [7, 11) is 4.88. The van der Waals surface area contributed by atoms with Gasteiger partial charge in [-0.3, -0.25) is 0 Å². The SMILES string of the molecule is COC(CCCCCCCCCCCCOCC1CO1)(OC)OC. The number of ether oxygens (including phenoxy) is 5. The van der Waals surface area contributed by atoms with Crippen LogP contribution in [-0.2, 0) is 23.7 Å². The van der Waals surface area contributed by atoms with Gasteiger partial charge in [-0.15, -0.1) is 0 Å². The maximum absolute atomic E-state index is 5.54. The Morgan fingerprint density at radius 3 is 1.67 bits per heavy atom. The van der Waals surface area contributed by atoms with E-state index in [4.69, 9.17) is 23.7 Å². The van der Waals surface area contributed by atoms with E-state index in [2.05, 4.69) is 0 Å². The van der Waals surface area contributed by atoms with Crippen LogP contribution in [0.1, 0.15) is 70.6 Å². The van der Waals surface area contributed by atoms with Crippen molar-refractivity contribution in [3.8, 4) is 0 Å². The van der Waals surface area contributed by atoms with Crippen LogP contribution < -0.4 is 0 Å². The van der Waals surface area contributed by atoms with E-state index in [1.807, 2.05) is 0 Å². The molecule has 1 rings (SSSR count). The maximum Gasteiger partial charge on any atom is 0.282 e. The van der Waals surface area contributed by atoms with E-state index in [-0.39, 0.29) is 0 Å². The highest BCUT2D eigenvalue weighted by molar-refractivity contribution is 4.67. The fourth-order valence-corrected chi connectivity index (χ4v) is 2.90. The summed E-state index contributed by atoms with van der Waals surface area (Å²) in [5.74, 6) is -0.852. The summed E-state index contributed by atoms with van der Waals surface area (Å²) < 4.78 is 26.5. The van der Waals surface area contributed by atoms with Crippen molar-refractivity contribution in [3.63, 3.8) is 0 Å². The lowest BCUT2D eigenvalue weighted by Crippen LogP contribution is -2.35. The molecule has 5 nitrogen and oxygen atoms in total. The zero-order valence-corrected chi connectivity index (χ0v) is 16.0. The van der Waals surface area contributed by atoms with E-state index in [0.29, 0.717) is 6.10 Å². The monoisotopic (exact) mass is 346 g/mol. The van der Waals surface area contributed by atoms with Gasteiger partial charge in [-0.25, -0.2) is 0 Å². The molecule has 0 aromatic rings. The minimum absolute atomic E-state index is 0.403. The van der Waals surface area contributed by atoms with Gasteiger partial charge in [0, 0.05) is 34.4 Å². The lowest BCUT2D eigenvalue weighted by molar-refractivity contribution is -0.355. The van der Waals surface area contributed by atoms with Crippen LogP contribution in [0.25, 0.3) is 0 Å². The van der Waals surface area contributed by atoms with Crippen molar-refractivity contribution in [2.24, 2.45) is 0 Å². The molecule has 0 saturated carbocycles. The molecule has 144 valence electrons. The van der Waals surface area contributed by atoms with Gasteiger partial charge in [0.1, 0.15) is 6.10 Å². The standard InChI is InChI=1S/C19H38O5/c1-20-19(21-2,22-3)14-12-10-8-6-4-5-7-9-11-13-15-23-16-18-17-24-18/h18H,4-17H2,1-3H3. The molecular formula is C19H38O5. The molecule has 1 unspecified atom stereocenters. The van der Waals surface area contributed by atoms with Crippen molar-refractivity contribution in [1.82, 2.24) is 0 Å². The van der Waals surface area contributed by atoms with Gasteiger partial charge >= 0.3 is 0 Å². The van der Waals surface area contributed by atoms with Crippen molar-refractivity contribution < 1.29 is 23.7 Å². The zero-order valence-electron chi connectivity index (χ0n) is 16.0. The Balaban J connectivity index is 1.75. The van der Waals surface area contributed by atoms with Gasteiger partial charge in [0.2, 0.25) is 0 Å². The number of rotatable bonds is 18. The van der Waals surface area contributed by atoms with Gasteiger partial charge in [-0.1, -0.05) is 51.4 Å². The van der Waals surface area contributed by atoms with Crippen molar-refractivity contribution in [2.75, 3.05) is 41.2 Å². The van der Waals surface area contributed by atoms with Crippen LogP contribution in [0.4, 0.5) is 0 Å². The van der Waals surface area contributed by atoms with Crippen LogP contribution >= 0.6 is 0 Å². The smallest absolute Gasteiger partial charge is 0.282 e. The molecule has 5 heteroatoms. The quantitative estimate of drug-likeness (QED) is 0.210. The summed E-state index contributed by atoms with van der Waals surface area (Å²) >= 11 is 0. The molecule has 0 bridgehead atoms. The minimum atomic E-state index is -0.852. The number of epoxide rings is 1. The van der Waals surface area contributed by atoms with Gasteiger partial charge < -0.3 is 23.7 Å². The lowest BCUT2D eigenvalue weighted by atomic mass is 10.1. The molecule has 1 heterocycles. The topological polar surface area (TPSA) is 49.5 Å². The first-order chi connectivity index (χ1) is 11.8. The second-order valence-corrected chi connectivity index (χ2v) is 6.61. The van der Waals surface area contributed by atoms with Crippen LogP contribution in [0, 0.1) is 0 Å². The molecule has 0 aromatic carbocycles. The normalized spacial score (nSPS) is 17.4. The Hall–Kier alpha value is -0.200. The summed E-state index contributed by atoms with van der Waals surface area (Å²) in [6, 6.07) is 0. The highest BCUT2D eigenvalue weighted by Crippen LogP contribution is 2.21. The molecule has 1 aliphatic rings. The summed E-state index contributed by atoms with van der Waals surface area (Å²) in [5.41, 5.74) is 0. The van der Waals surface area contributed by atoms with Crippen molar-refractivity contribution >= 4 is 0 Å². The second-order valence-electron chi connectivity index (χ2n) is 6.61. The van der Waals surface area contributed by atoms with E-state index in [0.717, 1.165) is 32.7 Å². The molecule has 0 amide bonds. The first-order valence-corrected chi connectivity index (χ1v) is 9.61. The summed E-state index contributed by atoms with van der Waals surface area (Å²) in [6.45, 7) is 2.58. The third-order valence-electron chi connectivity index (χ3n) is 4.66. The molecule has 0 N–H and O–H groups in total. The first-order valence-electron chi connectivity index (χ1n) is 9.61. The van der Waals surface area contributed by atoms with Crippen molar-refractivity contribution in [2.45, 2.75) is 82.7 Å². The third-order valence-corrected chi connectivity index (χ3v) is 4.66. The van der Waals surface area contributed by atoms with Crippen LogP contribution in [0.2, 0.25) is 0 Å². The van der Waals surface area contributed by atoms with E-state index in [9.17, 15) is 0 Å². The number of methoxy groups -OCH3 is 3. The number of hydrogen-bond donors (Lipinski definition) is 0. The molecule has 0 spiro atoms. The summed E-state index contributed by atoms with van der Waals surface area (Å²) in [6.07, 6.45) is 13.9. The van der Waals surface area contributed by atoms with Gasteiger partial charge in [-0.2, -0.15) is 0 Å². The van der Waals surface area contributed by atoms with E-state index >= 15 is 0 Å². The highest BCUT2D eigenvalue weighted by atomic mass is 16.9. The molecule has 1 atom stereocenters. The largest absolute Gasteiger partial charge is 0.379 e. The summed E-state index contributed by atoms with van der Waals surface area (Å²) in [5, 5.41) is 0. The minimum Gasteiger partial charge on any atom is -0.379 e. The Morgan fingerprint density at radius 1 is 0.750 bits per heavy atom. The van der Waals surface area contributed by atoms with Gasteiger partial charge in [-0.05, 0) is 12.8 Å². The maximum atomic E-state index is 5.54. The number of hydrogen-bond acceptors (Lipinski definition) is 5. The molecule has 0 aromatic heterocycles. The predicted molar refractivity (Wildman–Crippen MR) is 95.1 cm³/mol. The van der Waals surface area contributed by atoms with Gasteiger partial charge in [0.25, 0.3) is 5.97 Å². The second kappa shape index (κ2) is 14.0. The van der Waals surface area contributed by atoms with Crippen LogP contribution in [0.3, 0.4) is 0 Å². The average Bonchev–Trinajstić information content (AvgIpc) is 3.43. The van der Waals surface area contributed by atoms with E-state index in [1.54, 1.807) is 21.3 Å². The summed E-state index contributed by atoms with van der Waals surface area (Å²) in [4.78, 5) is 0. The average molecular weight is 347 g/mol. The molecular weight excluding hydrogens is 308 g/mol. The third kappa shape index (κ3) is 10.6. The Morgan fingerprint density at radius 2 is 1.21 bits per heavy atom. The van der Waals surface area contributed by atoms with Crippen molar-refractivity contribution in [1.29, 1.82) is 0 Å². The fraction of sp³-hybridized carbons (Fsp3) is 1.00. The Bertz CT molecular complexity index is 269. The van der Waals surface area contributed by atoms with Crippen molar-refractivity contribution in [3.05, 3.63) is 0 Å². The molecule has 1 aliphatic heterocycles. The molecule has 0 aliphatic carbocycles. The molecule has 24 heavy (non-hydrogen) atoms. The van der Waals surface area contributed by atoms with Crippen LogP contribution in [-0.4, -0.2) is 53.2 Å². The van der Waals surface area contributed by atoms with E-state index < -0.39 is 5.97 Å². The fourth-order valence-electron chi connectivity index (χ4n) is 2.90. The number of unbranched alkanes of at least 4 members (excludes halogenated alkanes) is 9. The highest BCUT2D eigenvalue weighted by Gasteiger charge is 2.28. The molecule has 1 fully saturated rings. The molecule has 1 saturated heterocycles. The zero-order chi connectivity index (χ0) is 17.5. The molecule has 0 radical (unpaired) electrons. The van der Waals surface area contributed by atoms with Crippen LogP contribution in [0.5, 0.6) is 0 Å². The van der Waals surface area contributed by atoms with Gasteiger partial charge in [0.05, 0.1) is 13.2 Å². The predicted octanol–water partition coefficient (Wildman–Crippen LogP) is 4.29. The van der Waals surface area contributed by atoms with E-state index in [1.165, 1.54) is 57.8 Å². The van der Waals surface area contributed by atoms with Crippen LogP contribution in [0.15, 0.2) is 0 Å². The first kappa shape index (κ1) is 21.8.